The molecule has 2 aromatic rings. The second kappa shape index (κ2) is 10.9. The first kappa shape index (κ1) is 22.7. The Morgan fingerprint density at radius 1 is 1.13 bits per heavy atom. The van der Waals surface area contributed by atoms with Gasteiger partial charge in [-0.1, -0.05) is 66.2 Å². The number of esters is 1. The first-order chi connectivity index (χ1) is 15.0. The van der Waals surface area contributed by atoms with E-state index in [0.717, 1.165) is 17.2 Å². The number of carboxylic acids is 1. The second-order valence-corrected chi connectivity index (χ2v) is 7.40. The molecule has 1 fully saturated rings. The summed E-state index contributed by atoms with van der Waals surface area (Å²) < 4.78 is 17.7. The van der Waals surface area contributed by atoms with E-state index in [4.69, 9.17) is 30.9 Å². The molecule has 0 aromatic heterocycles. The molecule has 31 heavy (non-hydrogen) atoms. The number of ether oxygens (including phenoxy) is 3. The maximum Gasteiger partial charge on any atom is 0.328 e. The number of hydrogen-bond donors (Lipinski definition) is 1. The Bertz CT molecular complexity index is 984. The summed E-state index contributed by atoms with van der Waals surface area (Å²) in [5.74, 6) is -1.09. The highest BCUT2D eigenvalue weighted by molar-refractivity contribution is 6.31. The first-order valence-corrected chi connectivity index (χ1v) is 10.2. The fourth-order valence-electron chi connectivity index (χ4n) is 3.36. The number of hydrogen-bond acceptors (Lipinski definition) is 5. The Balaban J connectivity index is 1.88. The van der Waals surface area contributed by atoms with Gasteiger partial charge in [-0.25, -0.2) is 4.79 Å². The summed E-state index contributed by atoms with van der Waals surface area (Å²) in [6, 6.07) is 14.5. The molecule has 1 heterocycles. The molecule has 0 aliphatic carbocycles. The van der Waals surface area contributed by atoms with Crippen LogP contribution in [0.3, 0.4) is 0 Å². The van der Waals surface area contributed by atoms with Crippen molar-refractivity contribution in [3.8, 4) is 5.75 Å². The molecule has 0 unspecified atom stereocenters. The van der Waals surface area contributed by atoms with Gasteiger partial charge >= 0.3 is 11.9 Å². The molecular formula is C24H23ClO6. The third-order valence-corrected chi connectivity index (χ3v) is 5.07. The molecule has 1 saturated heterocycles. The lowest BCUT2D eigenvalue weighted by atomic mass is 9.91. The van der Waals surface area contributed by atoms with Crippen molar-refractivity contribution in [1.29, 1.82) is 0 Å². The van der Waals surface area contributed by atoms with Gasteiger partial charge in [0, 0.05) is 35.1 Å². The predicted molar refractivity (Wildman–Crippen MR) is 116 cm³/mol. The third-order valence-electron chi connectivity index (χ3n) is 4.72. The van der Waals surface area contributed by atoms with Gasteiger partial charge in [0.25, 0.3) is 0 Å². The van der Waals surface area contributed by atoms with Gasteiger partial charge < -0.3 is 19.3 Å². The maximum atomic E-state index is 11.6. The van der Waals surface area contributed by atoms with E-state index in [1.807, 2.05) is 36.4 Å². The summed E-state index contributed by atoms with van der Waals surface area (Å²) in [7, 11) is 0. The van der Waals surface area contributed by atoms with Crippen LogP contribution in [0.15, 0.2) is 72.8 Å². The van der Waals surface area contributed by atoms with Crippen LogP contribution in [0, 0.1) is 5.92 Å². The van der Waals surface area contributed by atoms with Crippen molar-refractivity contribution in [3.05, 3.63) is 89.0 Å². The van der Waals surface area contributed by atoms with Gasteiger partial charge in [0.1, 0.15) is 5.75 Å². The Morgan fingerprint density at radius 2 is 1.84 bits per heavy atom. The number of halogens is 1. The van der Waals surface area contributed by atoms with Gasteiger partial charge in [-0.05, 0) is 18.6 Å². The summed E-state index contributed by atoms with van der Waals surface area (Å²) in [5.41, 5.74) is 1.45. The molecule has 1 N–H and O–H groups in total. The predicted octanol–water partition coefficient (Wildman–Crippen LogP) is 5.26. The molecular weight excluding hydrogens is 420 g/mol. The van der Waals surface area contributed by atoms with Gasteiger partial charge in [0.15, 0.2) is 6.29 Å². The van der Waals surface area contributed by atoms with Crippen LogP contribution in [0.1, 0.15) is 36.9 Å². The van der Waals surface area contributed by atoms with Crippen molar-refractivity contribution in [2.45, 2.75) is 25.7 Å². The minimum absolute atomic E-state index is 0.0927. The Kier molecular flexibility index (Phi) is 8.00. The zero-order valence-electron chi connectivity index (χ0n) is 16.9. The Morgan fingerprint density at radius 3 is 2.55 bits per heavy atom. The highest BCUT2D eigenvalue weighted by atomic mass is 35.5. The lowest BCUT2D eigenvalue weighted by molar-refractivity contribution is -0.244. The van der Waals surface area contributed by atoms with Crippen LogP contribution in [0.5, 0.6) is 5.75 Å². The zero-order valence-corrected chi connectivity index (χ0v) is 17.7. The maximum absolute atomic E-state index is 11.6. The summed E-state index contributed by atoms with van der Waals surface area (Å²) in [6.45, 7) is 1.73. The summed E-state index contributed by atoms with van der Waals surface area (Å²) in [6.07, 6.45) is 5.51. The van der Waals surface area contributed by atoms with Crippen molar-refractivity contribution < 1.29 is 28.9 Å². The van der Waals surface area contributed by atoms with E-state index >= 15 is 0 Å². The molecule has 0 spiro atoms. The molecule has 7 heteroatoms. The van der Waals surface area contributed by atoms with E-state index in [1.165, 1.54) is 13.0 Å². The molecule has 3 rings (SSSR count). The van der Waals surface area contributed by atoms with E-state index in [2.05, 4.69) is 0 Å². The molecule has 1 aliphatic rings. The van der Waals surface area contributed by atoms with Gasteiger partial charge in [-0.2, -0.15) is 0 Å². The standard InChI is InChI=1S/C24H23ClO6/c1-16(26)30-21-13-8-6-11-19(21)23-17(9-3-2-4-14-22(27)28)15-29-24(31-23)18-10-5-7-12-20(18)25/h2-8,10-14,17,23-24H,9,15H2,1H3,(H,27,28)/t17-,23+,24+/m1/s1. The number of carbonyl (C=O) groups excluding carboxylic acids is 1. The lowest BCUT2D eigenvalue weighted by Gasteiger charge is -2.37. The molecule has 0 saturated carbocycles. The first-order valence-electron chi connectivity index (χ1n) is 9.80. The average molecular weight is 443 g/mol. The number of aliphatic carboxylic acids is 1. The summed E-state index contributed by atoms with van der Waals surface area (Å²) in [4.78, 5) is 22.2. The topological polar surface area (TPSA) is 82.1 Å². The molecule has 0 radical (unpaired) electrons. The zero-order chi connectivity index (χ0) is 22.2. The second-order valence-electron chi connectivity index (χ2n) is 7.00. The lowest BCUT2D eigenvalue weighted by Crippen LogP contribution is -2.31. The summed E-state index contributed by atoms with van der Waals surface area (Å²) >= 11 is 6.34. The number of rotatable bonds is 7. The third kappa shape index (κ3) is 6.28. The number of para-hydroxylation sites is 1. The molecule has 0 amide bonds. The summed E-state index contributed by atoms with van der Waals surface area (Å²) in [5, 5.41) is 9.24. The van der Waals surface area contributed by atoms with Crippen LogP contribution in [-0.4, -0.2) is 23.7 Å². The van der Waals surface area contributed by atoms with Crippen molar-refractivity contribution in [1.82, 2.24) is 0 Å². The van der Waals surface area contributed by atoms with Gasteiger partial charge in [0.05, 0.1) is 12.7 Å². The van der Waals surface area contributed by atoms with E-state index in [0.29, 0.717) is 23.8 Å². The van der Waals surface area contributed by atoms with Crippen molar-refractivity contribution in [3.63, 3.8) is 0 Å². The van der Waals surface area contributed by atoms with Crippen LogP contribution in [-0.2, 0) is 19.1 Å². The Labute approximate surface area is 185 Å². The molecule has 2 aromatic carbocycles. The number of carbonyl (C=O) groups is 2. The quantitative estimate of drug-likeness (QED) is 0.273. The SMILES string of the molecule is CC(=O)Oc1ccccc1[C@H]1O[C@@H](c2ccccc2Cl)OC[C@H]1CC=CC=CC(=O)O. The molecule has 1 aliphatic heterocycles. The highest BCUT2D eigenvalue weighted by Gasteiger charge is 2.35. The molecule has 162 valence electrons. The van der Waals surface area contributed by atoms with Crippen molar-refractivity contribution in [2.75, 3.05) is 6.61 Å². The average Bonchev–Trinajstić information content (AvgIpc) is 2.74. The highest BCUT2D eigenvalue weighted by Crippen LogP contribution is 2.43. The van der Waals surface area contributed by atoms with Gasteiger partial charge in [-0.3, -0.25) is 4.79 Å². The van der Waals surface area contributed by atoms with Crippen molar-refractivity contribution in [2.24, 2.45) is 5.92 Å². The number of allylic oxidation sites excluding steroid dienone is 3. The Hall–Kier alpha value is -2.93. The monoisotopic (exact) mass is 442 g/mol. The number of benzene rings is 2. The fourth-order valence-corrected chi connectivity index (χ4v) is 3.59. The van der Waals surface area contributed by atoms with Crippen LogP contribution in [0.25, 0.3) is 0 Å². The molecule has 6 nitrogen and oxygen atoms in total. The van der Waals surface area contributed by atoms with Crippen LogP contribution in [0.4, 0.5) is 0 Å². The minimum Gasteiger partial charge on any atom is -0.478 e. The number of carboxylic acid groups (broad SMARTS) is 1. The van der Waals surface area contributed by atoms with Crippen LogP contribution in [0.2, 0.25) is 5.02 Å². The minimum atomic E-state index is -1.01. The fraction of sp³-hybridized carbons (Fsp3) is 0.250. The van der Waals surface area contributed by atoms with E-state index in [9.17, 15) is 9.59 Å². The van der Waals surface area contributed by atoms with E-state index < -0.39 is 24.3 Å². The molecule has 0 bridgehead atoms. The van der Waals surface area contributed by atoms with Crippen molar-refractivity contribution >= 4 is 23.5 Å². The van der Waals surface area contributed by atoms with Gasteiger partial charge in [0.2, 0.25) is 0 Å². The largest absolute Gasteiger partial charge is 0.478 e. The normalized spacial score (nSPS) is 21.4. The van der Waals surface area contributed by atoms with Crippen LogP contribution < -0.4 is 4.74 Å². The van der Waals surface area contributed by atoms with E-state index in [1.54, 1.807) is 24.3 Å². The van der Waals surface area contributed by atoms with E-state index in [-0.39, 0.29) is 5.92 Å². The van der Waals surface area contributed by atoms with Crippen LogP contribution >= 0.6 is 11.6 Å². The van der Waals surface area contributed by atoms with Gasteiger partial charge in [-0.15, -0.1) is 0 Å². The molecule has 3 atom stereocenters. The smallest absolute Gasteiger partial charge is 0.328 e.